The van der Waals surface area contributed by atoms with Gasteiger partial charge in [0.1, 0.15) is 11.9 Å². The van der Waals surface area contributed by atoms with E-state index in [9.17, 15) is 0 Å². The molecule has 0 fully saturated rings. The Morgan fingerprint density at radius 1 is 1.19 bits per heavy atom. The van der Waals surface area contributed by atoms with E-state index in [0.717, 1.165) is 31.7 Å². The van der Waals surface area contributed by atoms with Gasteiger partial charge in [-0.1, -0.05) is 39.0 Å². The standard InChI is InChI=1S/C14H23NO/c1-4-12-9-7-8-10-14(12)16-13(5-2)11-15-6-3/h7-10,13,15H,4-6,11H2,1-3H3. The summed E-state index contributed by atoms with van der Waals surface area (Å²) in [5, 5.41) is 3.33. The largest absolute Gasteiger partial charge is 0.489 e. The summed E-state index contributed by atoms with van der Waals surface area (Å²) in [4.78, 5) is 0. The Hall–Kier alpha value is -1.02. The summed E-state index contributed by atoms with van der Waals surface area (Å²) in [6.07, 6.45) is 2.33. The molecule has 0 bridgehead atoms. The van der Waals surface area contributed by atoms with Crippen molar-refractivity contribution in [2.75, 3.05) is 13.1 Å². The van der Waals surface area contributed by atoms with Gasteiger partial charge in [0.2, 0.25) is 0 Å². The number of aryl methyl sites for hydroxylation is 1. The topological polar surface area (TPSA) is 21.3 Å². The molecule has 0 radical (unpaired) electrons. The Morgan fingerprint density at radius 3 is 2.56 bits per heavy atom. The molecule has 1 N–H and O–H groups in total. The number of hydrogen-bond acceptors (Lipinski definition) is 2. The lowest BCUT2D eigenvalue weighted by Gasteiger charge is -2.19. The van der Waals surface area contributed by atoms with Gasteiger partial charge in [0, 0.05) is 6.54 Å². The minimum absolute atomic E-state index is 0.271. The number of benzene rings is 1. The molecule has 0 aromatic heterocycles. The fourth-order valence-corrected chi connectivity index (χ4v) is 1.67. The van der Waals surface area contributed by atoms with Crippen LogP contribution in [0, 0.1) is 0 Å². The zero-order valence-electron chi connectivity index (χ0n) is 10.6. The van der Waals surface area contributed by atoms with Crippen LogP contribution in [0.5, 0.6) is 5.75 Å². The van der Waals surface area contributed by atoms with Gasteiger partial charge in [-0.2, -0.15) is 0 Å². The number of nitrogens with one attached hydrogen (secondary N) is 1. The van der Waals surface area contributed by atoms with Crippen LogP contribution in [-0.2, 0) is 6.42 Å². The highest BCUT2D eigenvalue weighted by Gasteiger charge is 2.09. The molecule has 0 heterocycles. The summed E-state index contributed by atoms with van der Waals surface area (Å²) in [6, 6.07) is 8.30. The molecule has 0 aliphatic heterocycles. The maximum absolute atomic E-state index is 6.03. The molecule has 1 unspecified atom stereocenters. The van der Waals surface area contributed by atoms with Crippen LogP contribution in [0.4, 0.5) is 0 Å². The third kappa shape index (κ3) is 3.86. The molecule has 0 saturated heterocycles. The lowest BCUT2D eigenvalue weighted by Crippen LogP contribution is -2.30. The lowest BCUT2D eigenvalue weighted by molar-refractivity contribution is 0.192. The van der Waals surface area contributed by atoms with Crippen LogP contribution in [0.15, 0.2) is 24.3 Å². The molecule has 2 heteroatoms. The smallest absolute Gasteiger partial charge is 0.122 e. The highest BCUT2D eigenvalue weighted by atomic mass is 16.5. The lowest BCUT2D eigenvalue weighted by atomic mass is 10.1. The first-order valence-electron chi connectivity index (χ1n) is 6.27. The van der Waals surface area contributed by atoms with E-state index in [4.69, 9.17) is 4.74 Å². The van der Waals surface area contributed by atoms with Crippen molar-refractivity contribution in [3.05, 3.63) is 29.8 Å². The van der Waals surface area contributed by atoms with Crippen molar-refractivity contribution in [1.82, 2.24) is 5.32 Å². The molecule has 0 aliphatic rings. The van der Waals surface area contributed by atoms with Crippen molar-refractivity contribution in [3.63, 3.8) is 0 Å². The van der Waals surface area contributed by atoms with Crippen molar-refractivity contribution in [2.45, 2.75) is 39.7 Å². The van der Waals surface area contributed by atoms with Gasteiger partial charge in [0.15, 0.2) is 0 Å². The monoisotopic (exact) mass is 221 g/mol. The molecule has 1 aromatic carbocycles. The normalized spacial score (nSPS) is 12.4. The average Bonchev–Trinajstić information content (AvgIpc) is 2.34. The van der Waals surface area contributed by atoms with Crippen molar-refractivity contribution in [1.29, 1.82) is 0 Å². The van der Waals surface area contributed by atoms with Crippen LogP contribution >= 0.6 is 0 Å². The van der Waals surface area contributed by atoms with E-state index in [0.29, 0.717) is 0 Å². The van der Waals surface area contributed by atoms with Crippen molar-refractivity contribution in [2.24, 2.45) is 0 Å². The zero-order chi connectivity index (χ0) is 11.8. The van der Waals surface area contributed by atoms with Gasteiger partial charge < -0.3 is 10.1 Å². The Kier molecular flexibility index (Phi) is 5.94. The van der Waals surface area contributed by atoms with E-state index in [2.05, 4.69) is 44.3 Å². The van der Waals surface area contributed by atoms with E-state index >= 15 is 0 Å². The van der Waals surface area contributed by atoms with Crippen molar-refractivity contribution >= 4 is 0 Å². The fourth-order valence-electron chi connectivity index (χ4n) is 1.67. The van der Waals surface area contributed by atoms with E-state index in [-0.39, 0.29) is 6.10 Å². The van der Waals surface area contributed by atoms with E-state index < -0.39 is 0 Å². The molecular weight excluding hydrogens is 198 g/mol. The fraction of sp³-hybridized carbons (Fsp3) is 0.571. The van der Waals surface area contributed by atoms with Crippen molar-refractivity contribution in [3.8, 4) is 5.75 Å². The second kappa shape index (κ2) is 7.29. The Morgan fingerprint density at radius 2 is 1.94 bits per heavy atom. The summed E-state index contributed by atoms with van der Waals surface area (Å²) in [7, 11) is 0. The first-order valence-corrected chi connectivity index (χ1v) is 6.27. The van der Waals surface area contributed by atoms with Gasteiger partial charge in [-0.25, -0.2) is 0 Å². The van der Waals surface area contributed by atoms with Crippen LogP contribution in [0.2, 0.25) is 0 Å². The maximum Gasteiger partial charge on any atom is 0.122 e. The SMILES string of the molecule is CCNCC(CC)Oc1ccccc1CC. The van der Waals surface area contributed by atoms with Crippen LogP contribution < -0.4 is 10.1 Å². The minimum atomic E-state index is 0.271. The van der Waals surface area contributed by atoms with Crippen LogP contribution in [0.3, 0.4) is 0 Å². The summed E-state index contributed by atoms with van der Waals surface area (Å²) in [5.74, 6) is 1.04. The van der Waals surface area contributed by atoms with E-state index in [1.165, 1.54) is 5.56 Å². The first-order chi connectivity index (χ1) is 7.81. The van der Waals surface area contributed by atoms with Crippen LogP contribution in [0.1, 0.15) is 32.8 Å². The summed E-state index contributed by atoms with van der Waals surface area (Å²) in [6.45, 7) is 8.36. The van der Waals surface area contributed by atoms with Crippen molar-refractivity contribution < 1.29 is 4.74 Å². The summed E-state index contributed by atoms with van der Waals surface area (Å²) in [5.41, 5.74) is 1.29. The quantitative estimate of drug-likeness (QED) is 0.764. The zero-order valence-corrected chi connectivity index (χ0v) is 10.6. The number of para-hydroxylation sites is 1. The molecule has 1 rings (SSSR count). The minimum Gasteiger partial charge on any atom is -0.489 e. The predicted molar refractivity (Wildman–Crippen MR) is 69.1 cm³/mol. The summed E-state index contributed by atoms with van der Waals surface area (Å²) < 4.78 is 6.03. The number of likely N-dealkylation sites (N-methyl/N-ethyl adjacent to an activating group) is 1. The molecule has 1 atom stereocenters. The molecular formula is C14H23NO. The molecule has 16 heavy (non-hydrogen) atoms. The molecule has 0 saturated carbocycles. The van der Waals surface area contributed by atoms with E-state index in [1.807, 2.05) is 6.07 Å². The number of rotatable bonds is 7. The highest BCUT2D eigenvalue weighted by molar-refractivity contribution is 5.33. The van der Waals surface area contributed by atoms with Crippen LogP contribution in [-0.4, -0.2) is 19.2 Å². The average molecular weight is 221 g/mol. The van der Waals surface area contributed by atoms with E-state index in [1.54, 1.807) is 0 Å². The highest BCUT2D eigenvalue weighted by Crippen LogP contribution is 2.20. The Balaban J connectivity index is 2.62. The molecule has 0 amide bonds. The third-order valence-corrected chi connectivity index (χ3v) is 2.72. The number of hydrogen-bond donors (Lipinski definition) is 1. The molecule has 0 aliphatic carbocycles. The second-order valence-corrected chi connectivity index (χ2v) is 3.92. The first kappa shape index (κ1) is 13.0. The van der Waals surface area contributed by atoms with Gasteiger partial charge in [-0.3, -0.25) is 0 Å². The molecule has 1 aromatic rings. The van der Waals surface area contributed by atoms with Crippen LogP contribution in [0.25, 0.3) is 0 Å². The van der Waals surface area contributed by atoms with Gasteiger partial charge in [0.05, 0.1) is 0 Å². The summed E-state index contributed by atoms with van der Waals surface area (Å²) >= 11 is 0. The third-order valence-electron chi connectivity index (χ3n) is 2.72. The predicted octanol–water partition coefficient (Wildman–Crippen LogP) is 3.02. The van der Waals surface area contributed by atoms with Gasteiger partial charge in [0.25, 0.3) is 0 Å². The molecule has 2 nitrogen and oxygen atoms in total. The molecule has 0 spiro atoms. The maximum atomic E-state index is 6.03. The van der Waals surface area contributed by atoms with Gasteiger partial charge >= 0.3 is 0 Å². The number of ether oxygens (including phenoxy) is 1. The Labute approximate surface area is 99.0 Å². The second-order valence-electron chi connectivity index (χ2n) is 3.92. The Bertz CT molecular complexity index is 299. The van der Waals surface area contributed by atoms with Gasteiger partial charge in [-0.15, -0.1) is 0 Å². The molecule has 90 valence electrons. The van der Waals surface area contributed by atoms with Gasteiger partial charge in [-0.05, 0) is 31.0 Å².